The van der Waals surface area contributed by atoms with Gasteiger partial charge in [0.1, 0.15) is 6.61 Å². The molecule has 1 heterocycles. The Morgan fingerprint density at radius 3 is 2.26 bits per heavy atom. The summed E-state index contributed by atoms with van der Waals surface area (Å²) in [6.45, 7) is 3.46. The van der Waals surface area contributed by atoms with E-state index < -0.39 is 46.3 Å². The van der Waals surface area contributed by atoms with Crippen molar-refractivity contribution in [3.63, 3.8) is 0 Å². The van der Waals surface area contributed by atoms with Gasteiger partial charge in [-0.3, -0.25) is 14.1 Å². The fourth-order valence-electron chi connectivity index (χ4n) is 1.60. The first-order valence-corrected chi connectivity index (χ1v) is 8.09. The van der Waals surface area contributed by atoms with Crippen molar-refractivity contribution in [1.82, 2.24) is 0 Å². The summed E-state index contributed by atoms with van der Waals surface area (Å²) >= 11 is 0. The number of rotatable bonds is 8. The van der Waals surface area contributed by atoms with E-state index in [-0.39, 0.29) is 12.0 Å². The lowest BCUT2D eigenvalue weighted by Crippen LogP contribution is -2.44. The Hall–Kier alpha value is -1.33. The van der Waals surface area contributed by atoms with Gasteiger partial charge in [-0.05, 0) is 6.92 Å². The molecule has 8 nitrogen and oxygen atoms in total. The highest BCUT2D eigenvalue weighted by atomic mass is 32.2. The van der Waals surface area contributed by atoms with Gasteiger partial charge >= 0.3 is 27.3 Å². The minimum Gasteiger partial charge on any atom is -0.465 e. The summed E-state index contributed by atoms with van der Waals surface area (Å²) in [6.07, 6.45) is -3.36. The zero-order chi connectivity index (χ0) is 17.9. The molecule has 0 aliphatic carbocycles. The Morgan fingerprint density at radius 1 is 1.30 bits per heavy atom. The van der Waals surface area contributed by atoms with Gasteiger partial charge in [0.15, 0.2) is 6.10 Å². The van der Waals surface area contributed by atoms with Crippen LogP contribution in [0.3, 0.4) is 0 Å². The van der Waals surface area contributed by atoms with Crippen LogP contribution in [-0.2, 0) is 33.9 Å². The maximum Gasteiger partial charge on any atom is 0.405 e. The van der Waals surface area contributed by atoms with Gasteiger partial charge in [-0.25, -0.2) is 0 Å². The maximum absolute atomic E-state index is 13.2. The Bertz CT molecular complexity index is 555. The summed E-state index contributed by atoms with van der Waals surface area (Å²) < 4.78 is 69.8. The van der Waals surface area contributed by atoms with Crippen molar-refractivity contribution in [2.75, 3.05) is 19.8 Å². The van der Waals surface area contributed by atoms with E-state index in [1.165, 1.54) is 0 Å². The molecular weight excluding hydrogens is 342 g/mol. The van der Waals surface area contributed by atoms with E-state index in [9.17, 15) is 26.8 Å². The van der Waals surface area contributed by atoms with Crippen molar-refractivity contribution < 1.29 is 45.6 Å². The molecule has 1 rings (SSSR count). The molecule has 1 fully saturated rings. The van der Waals surface area contributed by atoms with Gasteiger partial charge in [-0.2, -0.15) is 17.2 Å². The fraction of sp³-hybridized carbons (Fsp3) is 0.833. The molecule has 0 aromatic carbocycles. The Morgan fingerprint density at radius 2 is 1.83 bits per heavy atom. The molecule has 11 heteroatoms. The predicted molar refractivity (Wildman–Crippen MR) is 71.2 cm³/mol. The van der Waals surface area contributed by atoms with Crippen LogP contribution in [0.5, 0.6) is 0 Å². The molecule has 0 spiro atoms. The highest BCUT2D eigenvalue weighted by Crippen LogP contribution is 2.28. The van der Waals surface area contributed by atoms with Crippen LogP contribution in [0, 0.1) is 5.41 Å². The second-order valence-electron chi connectivity index (χ2n) is 5.63. The van der Waals surface area contributed by atoms with Crippen LogP contribution in [0.4, 0.5) is 8.78 Å². The van der Waals surface area contributed by atoms with Gasteiger partial charge in [0.05, 0.1) is 26.1 Å². The lowest BCUT2D eigenvalue weighted by Gasteiger charge is -2.37. The molecule has 0 bridgehead atoms. The van der Waals surface area contributed by atoms with Crippen LogP contribution < -0.4 is 0 Å². The predicted octanol–water partition coefficient (Wildman–Crippen LogP) is 0.759. The molecule has 0 aromatic heterocycles. The summed E-state index contributed by atoms with van der Waals surface area (Å²) in [5.41, 5.74) is -0.262. The zero-order valence-corrected chi connectivity index (χ0v) is 13.4. The van der Waals surface area contributed by atoms with E-state index >= 15 is 0 Å². The summed E-state index contributed by atoms with van der Waals surface area (Å²) in [6, 6.07) is 0. The quantitative estimate of drug-likeness (QED) is 0.498. The normalized spacial score (nSPS) is 18.7. The third-order valence-corrected chi connectivity index (χ3v) is 4.16. The fourth-order valence-corrected chi connectivity index (χ4v) is 2.07. The second-order valence-corrected chi connectivity index (χ2v) is 7.13. The molecule has 1 N–H and O–H groups in total. The standard InChI is InChI=1S/C12H18F2O8S/c1-8(12(13,14)23(17,18)19)22-10(16)4-3-9(15)21-7-11(2)5-20-6-11/h8H,3-7H2,1-2H3,(H,17,18,19). The molecule has 0 amide bonds. The van der Waals surface area contributed by atoms with Crippen LogP contribution in [0.2, 0.25) is 0 Å². The summed E-state index contributed by atoms with van der Waals surface area (Å²) in [7, 11) is -5.71. The van der Waals surface area contributed by atoms with Crippen molar-refractivity contribution >= 4 is 22.1 Å². The van der Waals surface area contributed by atoms with E-state index in [1.807, 2.05) is 6.92 Å². The van der Waals surface area contributed by atoms with Crippen molar-refractivity contribution in [3.8, 4) is 0 Å². The van der Waals surface area contributed by atoms with Gasteiger partial charge in [0, 0.05) is 5.41 Å². The van der Waals surface area contributed by atoms with E-state index in [0.717, 1.165) is 0 Å². The molecule has 1 unspecified atom stereocenters. The topological polar surface area (TPSA) is 116 Å². The minimum atomic E-state index is -5.71. The Kier molecular flexibility index (Phi) is 6.05. The molecular formula is C12H18F2O8S. The first-order valence-electron chi connectivity index (χ1n) is 6.65. The number of carbonyl (C=O) groups excluding carboxylic acids is 2. The Balaban J connectivity index is 2.35. The smallest absolute Gasteiger partial charge is 0.405 e. The zero-order valence-electron chi connectivity index (χ0n) is 12.6. The molecule has 1 aliphatic heterocycles. The summed E-state index contributed by atoms with van der Waals surface area (Å²) in [5, 5.41) is -4.64. The number of esters is 2. The van der Waals surface area contributed by atoms with Crippen molar-refractivity contribution in [2.24, 2.45) is 5.41 Å². The monoisotopic (exact) mass is 360 g/mol. The summed E-state index contributed by atoms with van der Waals surface area (Å²) in [4.78, 5) is 22.8. The van der Waals surface area contributed by atoms with Crippen molar-refractivity contribution in [1.29, 1.82) is 0 Å². The SMILES string of the molecule is CC(OC(=O)CCC(=O)OCC1(C)COC1)C(F)(F)S(=O)(=O)O. The number of halogens is 2. The summed E-state index contributed by atoms with van der Waals surface area (Å²) in [5.74, 6) is -1.93. The molecule has 1 saturated heterocycles. The lowest BCUT2D eigenvalue weighted by atomic mass is 9.90. The van der Waals surface area contributed by atoms with Crippen LogP contribution >= 0.6 is 0 Å². The number of hydrogen-bond donors (Lipinski definition) is 1. The van der Waals surface area contributed by atoms with Gasteiger partial charge in [0.2, 0.25) is 0 Å². The van der Waals surface area contributed by atoms with Gasteiger partial charge in [0.25, 0.3) is 0 Å². The molecule has 0 saturated carbocycles. The molecule has 0 aromatic rings. The third-order valence-electron chi connectivity index (χ3n) is 3.14. The molecule has 1 aliphatic rings. The van der Waals surface area contributed by atoms with E-state index in [2.05, 4.69) is 4.74 Å². The first-order chi connectivity index (χ1) is 10.4. The maximum atomic E-state index is 13.2. The number of hydrogen-bond acceptors (Lipinski definition) is 7. The largest absolute Gasteiger partial charge is 0.465 e. The lowest BCUT2D eigenvalue weighted by molar-refractivity contribution is -0.169. The first kappa shape index (κ1) is 19.7. The average molecular weight is 360 g/mol. The van der Waals surface area contributed by atoms with Crippen molar-refractivity contribution in [3.05, 3.63) is 0 Å². The van der Waals surface area contributed by atoms with E-state index in [1.54, 1.807) is 0 Å². The van der Waals surface area contributed by atoms with Gasteiger partial charge in [-0.1, -0.05) is 6.92 Å². The number of carbonyl (C=O) groups is 2. The van der Waals surface area contributed by atoms with Gasteiger partial charge < -0.3 is 14.2 Å². The molecule has 134 valence electrons. The van der Waals surface area contributed by atoms with Crippen LogP contribution in [-0.4, -0.2) is 56.1 Å². The number of ether oxygens (including phenoxy) is 3. The van der Waals surface area contributed by atoms with Gasteiger partial charge in [-0.15, -0.1) is 0 Å². The van der Waals surface area contributed by atoms with Crippen LogP contribution in [0.15, 0.2) is 0 Å². The minimum absolute atomic E-state index is 0.109. The van der Waals surface area contributed by atoms with E-state index in [0.29, 0.717) is 20.1 Å². The second kappa shape index (κ2) is 7.05. The highest BCUT2D eigenvalue weighted by molar-refractivity contribution is 7.86. The van der Waals surface area contributed by atoms with Crippen molar-refractivity contribution in [2.45, 2.75) is 38.0 Å². The molecule has 1 atom stereocenters. The van der Waals surface area contributed by atoms with E-state index in [4.69, 9.17) is 14.0 Å². The Labute approximate surface area is 131 Å². The number of alkyl halides is 2. The highest BCUT2D eigenvalue weighted by Gasteiger charge is 2.51. The van der Waals surface area contributed by atoms with Crippen LogP contribution in [0.25, 0.3) is 0 Å². The molecule has 0 radical (unpaired) electrons. The molecule has 23 heavy (non-hydrogen) atoms. The van der Waals surface area contributed by atoms with Crippen LogP contribution in [0.1, 0.15) is 26.7 Å². The average Bonchev–Trinajstić information content (AvgIpc) is 2.39. The third kappa shape index (κ3) is 5.36.